The lowest BCUT2D eigenvalue weighted by Gasteiger charge is -2.63. The third-order valence-electron chi connectivity index (χ3n) is 12.6. The molecular weight excluding hydrogens is 813 g/mol. The summed E-state index contributed by atoms with van der Waals surface area (Å²) in [6.07, 6.45) is 8.68. The number of halogens is 2. The van der Waals surface area contributed by atoms with Crippen molar-refractivity contribution in [2.45, 2.75) is 85.2 Å². The molecule has 3 aliphatic rings. The Labute approximate surface area is 365 Å². The van der Waals surface area contributed by atoms with E-state index in [1.807, 2.05) is 24.0 Å². The molecule has 2 fully saturated rings. The number of ether oxygens (including phenoxy) is 2. The Balaban J connectivity index is 0.834. The van der Waals surface area contributed by atoms with E-state index in [1.54, 1.807) is 59.4 Å². The van der Waals surface area contributed by atoms with E-state index in [1.165, 1.54) is 6.07 Å². The van der Waals surface area contributed by atoms with Crippen molar-refractivity contribution in [3.05, 3.63) is 94.4 Å². The largest absolute Gasteiger partial charge is 0.489 e. The van der Waals surface area contributed by atoms with Crippen molar-refractivity contribution < 1.29 is 23.5 Å². The fraction of sp³-hybridized carbons (Fsp3) is 0.444. The third kappa shape index (κ3) is 8.43. The number of carbonyl (C=O) groups excluding carboxylic acids is 2. The molecule has 0 atom stereocenters. The lowest BCUT2D eigenvalue weighted by atomic mass is 9.49. The molecule has 0 unspecified atom stereocenters. The molecule has 0 bridgehead atoms. The molecule has 1 saturated heterocycles. The normalized spacial score (nSPS) is 19.3. The smallest absolute Gasteiger partial charge is 0.254 e. The van der Waals surface area contributed by atoms with Crippen molar-refractivity contribution in [1.82, 2.24) is 39.7 Å². The van der Waals surface area contributed by atoms with E-state index in [9.17, 15) is 14.9 Å². The van der Waals surface area contributed by atoms with Crippen LogP contribution in [-0.2, 0) is 36.1 Å². The molecule has 2 aliphatic heterocycles. The number of aryl methyl sites for hydroxylation is 1. The first-order chi connectivity index (χ1) is 29.6. The summed E-state index contributed by atoms with van der Waals surface area (Å²) in [6, 6.07) is 11.9. The van der Waals surface area contributed by atoms with Crippen LogP contribution >= 0.6 is 11.6 Å². The van der Waals surface area contributed by atoms with Crippen molar-refractivity contribution in [3.63, 3.8) is 0 Å². The van der Waals surface area contributed by atoms with Gasteiger partial charge >= 0.3 is 0 Å². The van der Waals surface area contributed by atoms with Crippen LogP contribution in [0.5, 0.6) is 5.75 Å². The van der Waals surface area contributed by atoms with Gasteiger partial charge in [-0.2, -0.15) is 15.5 Å². The number of hydrogen-bond donors (Lipinski definition) is 2. The molecule has 3 aromatic heterocycles. The van der Waals surface area contributed by atoms with Crippen LogP contribution in [0.25, 0.3) is 11.1 Å². The highest BCUT2D eigenvalue weighted by molar-refractivity contribution is 6.31. The van der Waals surface area contributed by atoms with Gasteiger partial charge in [-0.25, -0.2) is 14.4 Å². The summed E-state index contributed by atoms with van der Waals surface area (Å²) >= 11 is 6.25. The predicted octanol–water partition coefficient (Wildman–Crippen LogP) is 6.68. The number of rotatable bonds is 12. The number of benzene rings is 2. The fourth-order valence-electron chi connectivity index (χ4n) is 9.48. The molecule has 2 aromatic carbocycles. The number of anilines is 3. The first-order valence-corrected chi connectivity index (χ1v) is 21.3. The highest BCUT2D eigenvalue weighted by atomic mass is 35.5. The molecular formula is C45H51ClFN11O4. The van der Waals surface area contributed by atoms with Gasteiger partial charge in [0.15, 0.2) is 5.82 Å². The molecule has 15 nitrogen and oxygen atoms in total. The van der Waals surface area contributed by atoms with E-state index >= 15 is 4.39 Å². The Morgan fingerprint density at radius 2 is 1.76 bits per heavy atom. The molecule has 62 heavy (non-hydrogen) atoms. The second-order valence-electron chi connectivity index (χ2n) is 17.5. The van der Waals surface area contributed by atoms with Crippen LogP contribution in [-0.4, -0.2) is 90.7 Å². The van der Waals surface area contributed by atoms with Crippen LogP contribution in [0, 0.1) is 28.0 Å². The van der Waals surface area contributed by atoms with E-state index in [0.717, 1.165) is 35.2 Å². The SMILES string of the molecule is CC(=O)N1CCc2c(c(Nc3ccc(-c4cnn(C)c4)cc3F)nn2CCOC2CCN(c3ncc(C(=O)NC4C(C)(C)C(Oc5ccc(C#N)c(Cl)c5)C4(C)C)cn3)CC2)C1. The summed E-state index contributed by atoms with van der Waals surface area (Å²) in [5.74, 6) is 0.970. The lowest BCUT2D eigenvalue weighted by molar-refractivity contribution is -0.164. The summed E-state index contributed by atoms with van der Waals surface area (Å²) in [7, 11) is 1.82. The molecule has 324 valence electrons. The number of carbonyl (C=O) groups is 2. The molecule has 0 spiro atoms. The third-order valence-corrected chi connectivity index (χ3v) is 12.9. The maximum Gasteiger partial charge on any atom is 0.254 e. The van der Waals surface area contributed by atoms with Gasteiger partial charge < -0.3 is 29.9 Å². The van der Waals surface area contributed by atoms with Gasteiger partial charge in [-0.1, -0.05) is 45.4 Å². The van der Waals surface area contributed by atoms with E-state index in [-0.39, 0.29) is 30.1 Å². The van der Waals surface area contributed by atoms with Crippen LogP contribution in [0.2, 0.25) is 5.02 Å². The van der Waals surface area contributed by atoms with Gasteiger partial charge in [0.1, 0.15) is 23.7 Å². The van der Waals surface area contributed by atoms with Gasteiger partial charge in [-0.15, -0.1) is 0 Å². The number of nitrogens with one attached hydrogen (secondary N) is 2. The molecule has 2 N–H and O–H groups in total. The zero-order valence-corrected chi connectivity index (χ0v) is 36.5. The predicted molar refractivity (Wildman–Crippen MR) is 232 cm³/mol. The monoisotopic (exact) mass is 863 g/mol. The van der Waals surface area contributed by atoms with Crippen molar-refractivity contribution >= 4 is 40.9 Å². The van der Waals surface area contributed by atoms with E-state index < -0.39 is 16.6 Å². The maximum absolute atomic E-state index is 15.4. The van der Waals surface area contributed by atoms with E-state index in [0.29, 0.717) is 85.1 Å². The second-order valence-corrected chi connectivity index (χ2v) is 17.9. The van der Waals surface area contributed by atoms with Crippen LogP contribution < -0.4 is 20.3 Å². The fourth-order valence-corrected chi connectivity index (χ4v) is 9.69. The topological polar surface area (TPSA) is 168 Å². The zero-order valence-electron chi connectivity index (χ0n) is 35.8. The molecule has 1 saturated carbocycles. The Bertz CT molecular complexity index is 2510. The summed E-state index contributed by atoms with van der Waals surface area (Å²) in [4.78, 5) is 38.8. The van der Waals surface area contributed by atoms with Gasteiger partial charge in [-0.05, 0) is 42.7 Å². The van der Waals surface area contributed by atoms with Crippen molar-refractivity contribution in [2.24, 2.45) is 17.9 Å². The standard InChI is InChI=1S/C45H51ClFN11O4/c1-27(59)57-16-13-38-34(26-57)39(52-37-10-8-28(19-36(37)47)31-24-51-55(6)25-31)54-58(38)17-18-61-32-11-14-56(15-12-32)43-49-22-30(23-50-43)40(60)53-41-44(2,3)42(45(41,4)5)62-33-9-7-29(21-48)35(46)20-33/h7-10,19-20,22-25,32,41-42H,11-18,26H2,1-6H3,(H,52,54)(H,53,60). The average Bonchev–Trinajstić information content (AvgIpc) is 3.85. The lowest BCUT2D eigenvalue weighted by Crippen LogP contribution is -2.74. The Morgan fingerprint density at radius 3 is 2.40 bits per heavy atom. The van der Waals surface area contributed by atoms with Crippen molar-refractivity contribution in [2.75, 3.05) is 36.5 Å². The van der Waals surface area contributed by atoms with Crippen LogP contribution in [0.4, 0.5) is 21.8 Å². The molecule has 17 heteroatoms. The first-order valence-electron chi connectivity index (χ1n) is 20.9. The van der Waals surface area contributed by atoms with E-state index in [4.69, 9.17) is 26.2 Å². The molecule has 8 rings (SSSR count). The van der Waals surface area contributed by atoms with Crippen LogP contribution in [0.15, 0.2) is 61.2 Å². The number of fused-ring (bicyclic) bond motifs is 1. The Morgan fingerprint density at radius 1 is 1.02 bits per heavy atom. The summed E-state index contributed by atoms with van der Waals surface area (Å²) in [5.41, 5.74) is 3.67. The van der Waals surface area contributed by atoms with Crippen LogP contribution in [0.1, 0.15) is 74.6 Å². The minimum Gasteiger partial charge on any atom is -0.489 e. The maximum atomic E-state index is 15.4. The Hall–Kier alpha value is -6.05. The van der Waals surface area contributed by atoms with Gasteiger partial charge in [0.25, 0.3) is 5.91 Å². The quantitative estimate of drug-likeness (QED) is 0.137. The van der Waals surface area contributed by atoms with Gasteiger partial charge in [0.2, 0.25) is 11.9 Å². The van der Waals surface area contributed by atoms with E-state index in [2.05, 4.69) is 64.4 Å². The molecule has 5 heterocycles. The molecule has 1 aliphatic carbocycles. The van der Waals surface area contributed by atoms with Crippen molar-refractivity contribution in [3.8, 4) is 22.9 Å². The summed E-state index contributed by atoms with van der Waals surface area (Å²) < 4.78 is 31.7. The van der Waals surface area contributed by atoms with Crippen LogP contribution in [0.3, 0.4) is 0 Å². The minimum absolute atomic E-state index is 0.0188. The summed E-state index contributed by atoms with van der Waals surface area (Å²) in [6.45, 7) is 13.1. The molecule has 2 amide bonds. The number of aromatic nitrogens is 6. The number of piperidine rings is 1. The Kier molecular flexibility index (Phi) is 11.7. The summed E-state index contributed by atoms with van der Waals surface area (Å²) in [5, 5.41) is 25.0. The molecule has 5 aromatic rings. The minimum atomic E-state index is -0.415. The average molecular weight is 864 g/mol. The second kappa shape index (κ2) is 17.0. The number of amides is 2. The van der Waals surface area contributed by atoms with Gasteiger partial charge in [-0.3, -0.25) is 19.0 Å². The van der Waals surface area contributed by atoms with Gasteiger partial charge in [0, 0.05) is 98.4 Å². The number of nitriles is 1. The van der Waals surface area contributed by atoms with Crippen molar-refractivity contribution in [1.29, 1.82) is 5.26 Å². The zero-order chi connectivity index (χ0) is 43.9. The first kappa shape index (κ1) is 42.6. The number of nitrogens with zero attached hydrogens (tertiary/aromatic N) is 9. The molecule has 0 radical (unpaired) electrons. The highest BCUT2D eigenvalue weighted by Gasteiger charge is 2.64. The van der Waals surface area contributed by atoms with Gasteiger partial charge in [0.05, 0.1) is 53.8 Å². The number of hydrogen-bond acceptors (Lipinski definition) is 11. The highest BCUT2D eigenvalue weighted by Crippen LogP contribution is 2.55.